The number of aromatic nitrogens is 2. The summed E-state index contributed by atoms with van der Waals surface area (Å²) >= 11 is 0. The first-order valence-electron chi connectivity index (χ1n) is 5.78. The van der Waals surface area contributed by atoms with Crippen molar-refractivity contribution in [3.05, 3.63) is 53.6 Å². The predicted octanol–water partition coefficient (Wildman–Crippen LogP) is 1.13. The molecule has 1 aromatic carbocycles. The summed E-state index contributed by atoms with van der Waals surface area (Å²) in [4.78, 5) is 19.9. The zero-order valence-electron chi connectivity index (χ0n) is 10.7. The normalized spacial score (nSPS) is 11.2. The number of oxime groups is 1. The van der Waals surface area contributed by atoms with Gasteiger partial charge in [0, 0.05) is 17.4 Å². The Labute approximate surface area is 115 Å². The number of aryl methyl sites for hydroxylation is 1. The molecule has 1 amide bonds. The highest BCUT2D eigenvalue weighted by atomic mass is 16.4. The van der Waals surface area contributed by atoms with Crippen LogP contribution in [0, 0.1) is 6.92 Å². The van der Waals surface area contributed by atoms with Crippen LogP contribution in [0.1, 0.15) is 21.7 Å². The number of rotatable bonds is 3. The molecule has 0 radical (unpaired) electrons. The van der Waals surface area contributed by atoms with Crippen molar-refractivity contribution < 1.29 is 10.0 Å². The van der Waals surface area contributed by atoms with E-state index in [1.165, 1.54) is 12.4 Å². The number of nitrogens with one attached hydrogen (secondary N) is 1. The van der Waals surface area contributed by atoms with Gasteiger partial charge in [-0.15, -0.1) is 0 Å². The van der Waals surface area contributed by atoms with Crippen LogP contribution < -0.4 is 11.1 Å². The fourth-order valence-corrected chi connectivity index (χ4v) is 1.52. The van der Waals surface area contributed by atoms with Crippen LogP contribution in [0.5, 0.6) is 0 Å². The molecular formula is C13H13N5O2. The lowest BCUT2D eigenvalue weighted by Crippen LogP contribution is -2.16. The summed E-state index contributed by atoms with van der Waals surface area (Å²) in [6.45, 7) is 1.79. The van der Waals surface area contributed by atoms with Gasteiger partial charge in [0.15, 0.2) is 5.84 Å². The second-order valence-corrected chi connectivity index (χ2v) is 4.06. The first-order chi connectivity index (χ1) is 9.60. The number of benzene rings is 1. The predicted molar refractivity (Wildman–Crippen MR) is 73.7 cm³/mol. The van der Waals surface area contributed by atoms with E-state index in [0.29, 0.717) is 11.3 Å². The fraction of sp³-hybridized carbons (Fsp3) is 0.0769. The third kappa shape index (κ3) is 3.08. The summed E-state index contributed by atoms with van der Waals surface area (Å²) in [7, 11) is 0. The summed E-state index contributed by atoms with van der Waals surface area (Å²) < 4.78 is 0. The Kier molecular flexibility index (Phi) is 3.90. The Morgan fingerprint density at radius 2 is 2.15 bits per heavy atom. The van der Waals surface area contributed by atoms with Gasteiger partial charge in [-0.2, -0.15) is 0 Å². The monoisotopic (exact) mass is 271 g/mol. The molecule has 0 saturated heterocycles. The summed E-state index contributed by atoms with van der Waals surface area (Å²) in [6, 6.07) is 6.63. The Hall–Kier alpha value is -2.96. The number of carbonyl (C=O) groups is 1. The van der Waals surface area contributed by atoms with E-state index in [1.807, 2.05) is 0 Å². The SMILES string of the molecule is Cc1cnc(C(=O)Nc2cccc(C(N)=NO)c2)cn1. The zero-order valence-corrected chi connectivity index (χ0v) is 10.7. The molecule has 0 aliphatic rings. The van der Waals surface area contributed by atoms with Gasteiger partial charge < -0.3 is 16.3 Å². The van der Waals surface area contributed by atoms with Gasteiger partial charge in [-0.3, -0.25) is 9.78 Å². The number of carbonyl (C=O) groups excluding carboxylic acids is 1. The molecule has 1 aromatic heterocycles. The number of nitrogens with two attached hydrogens (primary N) is 1. The minimum absolute atomic E-state index is 0.0313. The first-order valence-corrected chi connectivity index (χ1v) is 5.78. The third-order valence-electron chi connectivity index (χ3n) is 2.54. The standard InChI is InChI=1S/C13H13N5O2/c1-8-6-16-11(7-15-8)13(19)17-10-4-2-3-9(5-10)12(14)18-20/h2-7,20H,1H3,(H2,14,18)(H,17,19). The molecule has 4 N–H and O–H groups in total. The van der Waals surface area contributed by atoms with Gasteiger partial charge in [0.05, 0.1) is 11.9 Å². The Balaban J connectivity index is 2.17. The van der Waals surface area contributed by atoms with E-state index in [9.17, 15) is 4.79 Å². The Bertz CT molecular complexity index is 652. The Morgan fingerprint density at radius 1 is 1.35 bits per heavy atom. The van der Waals surface area contributed by atoms with Crippen LogP contribution in [-0.4, -0.2) is 26.9 Å². The molecule has 20 heavy (non-hydrogen) atoms. The van der Waals surface area contributed by atoms with Crippen LogP contribution in [0.3, 0.4) is 0 Å². The van der Waals surface area contributed by atoms with Crippen molar-refractivity contribution in [2.24, 2.45) is 10.9 Å². The largest absolute Gasteiger partial charge is 0.409 e. The van der Waals surface area contributed by atoms with Gasteiger partial charge in [-0.05, 0) is 19.1 Å². The smallest absolute Gasteiger partial charge is 0.275 e. The highest BCUT2D eigenvalue weighted by Gasteiger charge is 2.09. The van der Waals surface area contributed by atoms with Gasteiger partial charge in [0.1, 0.15) is 5.69 Å². The molecule has 0 aliphatic carbocycles. The lowest BCUT2D eigenvalue weighted by molar-refractivity contribution is 0.102. The van der Waals surface area contributed by atoms with Gasteiger partial charge >= 0.3 is 0 Å². The minimum atomic E-state index is -0.380. The number of anilines is 1. The van der Waals surface area contributed by atoms with Crippen molar-refractivity contribution in [2.45, 2.75) is 6.92 Å². The van der Waals surface area contributed by atoms with Crippen LogP contribution in [0.15, 0.2) is 41.8 Å². The third-order valence-corrected chi connectivity index (χ3v) is 2.54. The second kappa shape index (κ2) is 5.79. The number of nitrogens with zero attached hydrogens (tertiary/aromatic N) is 3. The number of hydrogen-bond acceptors (Lipinski definition) is 5. The average Bonchev–Trinajstić information content (AvgIpc) is 2.47. The van der Waals surface area contributed by atoms with Crippen molar-refractivity contribution in [3.63, 3.8) is 0 Å². The molecule has 0 spiro atoms. The van der Waals surface area contributed by atoms with Gasteiger partial charge in [0.2, 0.25) is 0 Å². The lowest BCUT2D eigenvalue weighted by atomic mass is 10.2. The van der Waals surface area contributed by atoms with E-state index < -0.39 is 0 Å². The summed E-state index contributed by atoms with van der Waals surface area (Å²) in [5, 5.41) is 14.2. The Morgan fingerprint density at radius 3 is 2.80 bits per heavy atom. The molecule has 2 aromatic rings. The molecule has 0 fully saturated rings. The maximum absolute atomic E-state index is 12.0. The molecule has 7 nitrogen and oxygen atoms in total. The molecule has 7 heteroatoms. The highest BCUT2D eigenvalue weighted by Crippen LogP contribution is 2.11. The number of hydrogen-bond donors (Lipinski definition) is 3. The van der Waals surface area contributed by atoms with Gasteiger partial charge in [-0.1, -0.05) is 17.3 Å². The van der Waals surface area contributed by atoms with E-state index in [4.69, 9.17) is 10.9 Å². The average molecular weight is 271 g/mol. The molecule has 0 atom stereocenters. The fourth-order valence-electron chi connectivity index (χ4n) is 1.52. The second-order valence-electron chi connectivity index (χ2n) is 4.06. The zero-order chi connectivity index (χ0) is 14.5. The number of amides is 1. The van der Waals surface area contributed by atoms with E-state index in [-0.39, 0.29) is 17.4 Å². The molecule has 0 bridgehead atoms. The van der Waals surface area contributed by atoms with Crippen LogP contribution in [0.2, 0.25) is 0 Å². The van der Waals surface area contributed by atoms with Crippen molar-refractivity contribution in [2.75, 3.05) is 5.32 Å². The first kappa shape index (κ1) is 13.5. The molecule has 0 aliphatic heterocycles. The van der Waals surface area contributed by atoms with E-state index >= 15 is 0 Å². The van der Waals surface area contributed by atoms with Crippen molar-refractivity contribution in [1.29, 1.82) is 0 Å². The topological polar surface area (TPSA) is 113 Å². The van der Waals surface area contributed by atoms with E-state index in [1.54, 1.807) is 31.2 Å². The summed E-state index contributed by atoms with van der Waals surface area (Å²) in [5.74, 6) is -0.412. The molecule has 1 heterocycles. The van der Waals surface area contributed by atoms with Crippen LogP contribution in [0.4, 0.5) is 5.69 Å². The minimum Gasteiger partial charge on any atom is -0.409 e. The molecule has 0 saturated carbocycles. The van der Waals surface area contributed by atoms with E-state index in [2.05, 4.69) is 20.4 Å². The maximum Gasteiger partial charge on any atom is 0.275 e. The van der Waals surface area contributed by atoms with Gasteiger partial charge in [0.25, 0.3) is 5.91 Å². The lowest BCUT2D eigenvalue weighted by Gasteiger charge is -2.06. The molecule has 2 rings (SSSR count). The van der Waals surface area contributed by atoms with Crippen LogP contribution in [-0.2, 0) is 0 Å². The molecular weight excluding hydrogens is 258 g/mol. The van der Waals surface area contributed by atoms with E-state index in [0.717, 1.165) is 5.69 Å². The van der Waals surface area contributed by atoms with Gasteiger partial charge in [-0.25, -0.2) is 4.98 Å². The van der Waals surface area contributed by atoms with Crippen molar-refractivity contribution in [1.82, 2.24) is 9.97 Å². The van der Waals surface area contributed by atoms with Crippen LogP contribution in [0.25, 0.3) is 0 Å². The van der Waals surface area contributed by atoms with Crippen molar-refractivity contribution in [3.8, 4) is 0 Å². The molecule has 102 valence electrons. The summed E-state index contributed by atoms with van der Waals surface area (Å²) in [5.41, 5.74) is 7.45. The van der Waals surface area contributed by atoms with Crippen LogP contribution >= 0.6 is 0 Å². The summed E-state index contributed by atoms with van der Waals surface area (Å²) in [6.07, 6.45) is 2.92. The van der Waals surface area contributed by atoms with Crippen molar-refractivity contribution >= 4 is 17.4 Å². The highest BCUT2D eigenvalue weighted by molar-refractivity contribution is 6.04. The number of amidine groups is 1. The quantitative estimate of drug-likeness (QED) is 0.335. The maximum atomic E-state index is 12.0. The molecule has 0 unspecified atom stereocenters.